The molecule has 128 valence electrons. The number of carbonyl (C=O) groups is 1. The first kappa shape index (κ1) is 16.6. The monoisotopic (exact) mass is 337 g/mol. The SMILES string of the molecule is CCc1ccc(NC(=O)c2cc(=O)n(-c3nc(C)cc(C)n3)[nH]2)cc1. The second kappa shape index (κ2) is 6.72. The molecule has 0 atom stereocenters. The van der Waals surface area contributed by atoms with Crippen LogP contribution < -0.4 is 10.9 Å². The van der Waals surface area contributed by atoms with Gasteiger partial charge in [-0.05, 0) is 44.0 Å². The standard InChI is InChI=1S/C18H19N5O2/c1-4-13-5-7-14(8-6-13)21-17(25)15-10-16(24)23(22-15)18-19-11(2)9-12(3)20-18/h5-10,22H,4H2,1-3H3,(H,21,25). The van der Waals surface area contributed by atoms with Crippen molar-refractivity contribution in [1.29, 1.82) is 0 Å². The smallest absolute Gasteiger partial charge is 0.274 e. The van der Waals surface area contributed by atoms with E-state index in [2.05, 4.69) is 27.3 Å². The van der Waals surface area contributed by atoms with Gasteiger partial charge in [-0.3, -0.25) is 14.7 Å². The zero-order valence-corrected chi connectivity index (χ0v) is 14.3. The molecule has 0 aliphatic carbocycles. The Morgan fingerprint density at radius 1 is 1.12 bits per heavy atom. The van der Waals surface area contributed by atoms with Crippen molar-refractivity contribution in [3.8, 4) is 5.95 Å². The summed E-state index contributed by atoms with van der Waals surface area (Å²) in [5, 5.41) is 5.52. The fourth-order valence-corrected chi connectivity index (χ4v) is 2.49. The average Bonchev–Trinajstić information content (AvgIpc) is 2.97. The molecule has 2 N–H and O–H groups in total. The topological polar surface area (TPSA) is 92.7 Å². The van der Waals surface area contributed by atoms with Crippen molar-refractivity contribution in [2.24, 2.45) is 0 Å². The number of aromatic amines is 1. The number of amides is 1. The highest BCUT2D eigenvalue weighted by Gasteiger charge is 2.14. The fourth-order valence-electron chi connectivity index (χ4n) is 2.49. The van der Waals surface area contributed by atoms with Crippen molar-refractivity contribution in [3.63, 3.8) is 0 Å². The lowest BCUT2D eigenvalue weighted by Crippen LogP contribution is -2.17. The second-order valence-electron chi connectivity index (χ2n) is 5.80. The summed E-state index contributed by atoms with van der Waals surface area (Å²) in [4.78, 5) is 33.0. The highest BCUT2D eigenvalue weighted by molar-refractivity contribution is 6.02. The second-order valence-corrected chi connectivity index (χ2v) is 5.80. The summed E-state index contributed by atoms with van der Waals surface area (Å²) in [5.74, 6) is -0.182. The molecule has 0 aliphatic rings. The molecule has 3 rings (SSSR count). The van der Waals surface area contributed by atoms with Crippen LogP contribution >= 0.6 is 0 Å². The number of aromatic nitrogens is 4. The van der Waals surface area contributed by atoms with Crippen molar-refractivity contribution in [3.05, 3.63) is 69.4 Å². The van der Waals surface area contributed by atoms with E-state index in [1.807, 2.05) is 44.2 Å². The van der Waals surface area contributed by atoms with Crippen molar-refractivity contribution >= 4 is 11.6 Å². The maximum atomic E-state index is 12.4. The van der Waals surface area contributed by atoms with E-state index in [1.54, 1.807) is 0 Å². The number of H-pyrrole nitrogens is 1. The first-order valence-electron chi connectivity index (χ1n) is 8.01. The van der Waals surface area contributed by atoms with Gasteiger partial charge in [-0.15, -0.1) is 0 Å². The first-order valence-corrected chi connectivity index (χ1v) is 8.01. The van der Waals surface area contributed by atoms with Gasteiger partial charge < -0.3 is 5.32 Å². The number of hydrogen-bond donors (Lipinski definition) is 2. The van der Waals surface area contributed by atoms with Gasteiger partial charge in [0.25, 0.3) is 17.4 Å². The van der Waals surface area contributed by atoms with E-state index in [9.17, 15) is 9.59 Å². The Bertz CT molecular complexity index is 950. The summed E-state index contributed by atoms with van der Waals surface area (Å²) in [7, 11) is 0. The Morgan fingerprint density at radius 3 is 2.36 bits per heavy atom. The number of benzene rings is 1. The van der Waals surface area contributed by atoms with E-state index < -0.39 is 11.5 Å². The van der Waals surface area contributed by atoms with Crippen LogP contribution in [-0.2, 0) is 6.42 Å². The minimum atomic E-state index is -0.399. The van der Waals surface area contributed by atoms with E-state index >= 15 is 0 Å². The quantitative estimate of drug-likeness (QED) is 0.764. The molecule has 3 aromatic rings. The van der Waals surface area contributed by atoms with Crippen LogP contribution in [0.5, 0.6) is 0 Å². The van der Waals surface area contributed by atoms with Crippen LogP contribution in [0.4, 0.5) is 5.69 Å². The fraction of sp³-hybridized carbons (Fsp3) is 0.222. The molecular weight excluding hydrogens is 318 g/mol. The van der Waals surface area contributed by atoms with Gasteiger partial charge in [0, 0.05) is 23.1 Å². The third-order valence-corrected chi connectivity index (χ3v) is 3.76. The van der Waals surface area contributed by atoms with E-state index in [0.717, 1.165) is 22.5 Å². The molecule has 0 aliphatic heterocycles. The minimum absolute atomic E-state index is 0.146. The number of anilines is 1. The van der Waals surface area contributed by atoms with Crippen molar-refractivity contribution in [1.82, 2.24) is 19.7 Å². The normalized spacial score (nSPS) is 10.7. The van der Waals surface area contributed by atoms with Crippen LogP contribution in [0.2, 0.25) is 0 Å². The summed E-state index contributed by atoms with van der Waals surface area (Å²) >= 11 is 0. The number of nitrogens with zero attached hydrogens (tertiary/aromatic N) is 3. The molecule has 1 amide bonds. The van der Waals surface area contributed by atoms with E-state index in [-0.39, 0.29) is 11.6 Å². The van der Waals surface area contributed by atoms with E-state index in [1.165, 1.54) is 11.6 Å². The number of nitrogens with one attached hydrogen (secondary N) is 2. The van der Waals surface area contributed by atoms with Crippen LogP contribution in [0.1, 0.15) is 34.4 Å². The van der Waals surface area contributed by atoms with Crippen LogP contribution in [0.25, 0.3) is 5.95 Å². The Balaban J connectivity index is 1.85. The Hall–Kier alpha value is -3.22. The van der Waals surface area contributed by atoms with Gasteiger partial charge in [0.1, 0.15) is 5.69 Å². The van der Waals surface area contributed by atoms with Gasteiger partial charge in [0.15, 0.2) is 0 Å². The summed E-state index contributed by atoms with van der Waals surface area (Å²) in [6.07, 6.45) is 0.931. The molecule has 7 nitrogen and oxygen atoms in total. The lowest BCUT2D eigenvalue weighted by Gasteiger charge is -2.05. The molecule has 0 radical (unpaired) electrons. The van der Waals surface area contributed by atoms with Gasteiger partial charge >= 0.3 is 0 Å². The Kier molecular flexibility index (Phi) is 4.47. The molecule has 25 heavy (non-hydrogen) atoms. The molecule has 2 heterocycles. The summed E-state index contributed by atoms with van der Waals surface area (Å²) in [5.41, 5.74) is 3.09. The maximum Gasteiger partial charge on any atom is 0.274 e. The number of aryl methyl sites for hydroxylation is 3. The lowest BCUT2D eigenvalue weighted by molar-refractivity contribution is 0.102. The minimum Gasteiger partial charge on any atom is -0.321 e. The van der Waals surface area contributed by atoms with E-state index in [4.69, 9.17) is 0 Å². The summed E-state index contributed by atoms with van der Waals surface area (Å²) < 4.78 is 1.16. The van der Waals surface area contributed by atoms with Gasteiger partial charge in [-0.25, -0.2) is 9.97 Å². The molecule has 0 saturated carbocycles. The lowest BCUT2D eigenvalue weighted by atomic mass is 10.1. The Labute approximate surface area is 144 Å². The molecule has 0 bridgehead atoms. The van der Waals surface area contributed by atoms with Gasteiger partial charge in [0.05, 0.1) is 0 Å². The first-order chi connectivity index (χ1) is 12.0. The Morgan fingerprint density at radius 2 is 1.76 bits per heavy atom. The number of hydrogen-bond acceptors (Lipinski definition) is 4. The molecule has 0 unspecified atom stereocenters. The van der Waals surface area contributed by atoms with Gasteiger partial charge in [0.2, 0.25) is 0 Å². The zero-order valence-electron chi connectivity index (χ0n) is 14.3. The van der Waals surface area contributed by atoms with Gasteiger partial charge in [-0.1, -0.05) is 19.1 Å². The summed E-state index contributed by atoms with van der Waals surface area (Å²) in [6, 6.07) is 10.6. The molecule has 0 saturated heterocycles. The molecule has 0 fully saturated rings. The van der Waals surface area contributed by atoms with Crippen LogP contribution in [0, 0.1) is 13.8 Å². The third-order valence-electron chi connectivity index (χ3n) is 3.76. The van der Waals surface area contributed by atoms with Crippen LogP contribution in [0.15, 0.2) is 41.2 Å². The molecular formula is C18H19N5O2. The predicted octanol–water partition coefficient (Wildman–Crippen LogP) is 2.39. The highest BCUT2D eigenvalue weighted by Crippen LogP contribution is 2.11. The van der Waals surface area contributed by atoms with Crippen molar-refractivity contribution < 1.29 is 4.79 Å². The summed E-state index contributed by atoms with van der Waals surface area (Å²) in [6.45, 7) is 5.70. The van der Waals surface area contributed by atoms with E-state index in [0.29, 0.717) is 5.69 Å². The molecule has 1 aromatic carbocycles. The predicted molar refractivity (Wildman–Crippen MR) is 95.2 cm³/mol. The molecule has 7 heteroatoms. The largest absolute Gasteiger partial charge is 0.321 e. The average molecular weight is 337 g/mol. The molecule has 2 aromatic heterocycles. The number of carbonyl (C=O) groups excluding carboxylic acids is 1. The highest BCUT2D eigenvalue weighted by atomic mass is 16.2. The number of rotatable bonds is 4. The third kappa shape index (κ3) is 3.65. The van der Waals surface area contributed by atoms with Crippen molar-refractivity contribution in [2.45, 2.75) is 27.2 Å². The van der Waals surface area contributed by atoms with Crippen LogP contribution in [-0.4, -0.2) is 25.7 Å². The maximum absolute atomic E-state index is 12.4. The van der Waals surface area contributed by atoms with Gasteiger partial charge in [-0.2, -0.15) is 4.68 Å². The zero-order chi connectivity index (χ0) is 18.0. The van der Waals surface area contributed by atoms with Crippen molar-refractivity contribution in [2.75, 3.05) is 5.32 Å². The molecule has 0 spiro atoms. The van der Waals surface area contributed by atoms with Crippen LogP contribution in [0.3, 0.4) is 0 Å².